The lowest BCUT2D eigenvalue weighted by atomic mass is 10.2. The van der Waals surface area contributed by atoms with Crippen LogP contribution in [0.25, 0.3) is 0 Å². The van der Waals surface area contributed by atoms with Crippen LogP contribution in [0.5, 0.6) is 5.75 Å². The molecule has 2 aromatic carbocycles. The fourth-order valence-corrected chi connectivity index (χ4v) is 1.75. The number of halogens is 3. The van der Waals surface area contributed by atoms with Crippen molar-refractivity contribution in [2.24, 2.45) is 0 Å². The van der Waals surface area contributed by atoms with Crippen LogP contribution in [-0.4, -0.2) is 11.1 Å². The van der Waals surface area contributed by atoms with Crippen molar-refractivity contribution in [2.45, 2.75) is 6.61 Å². The van der Waals surface area contributed by atoms with Crippen molar-refractivity contribution >= 4 is 17.6 Å². The maximum atomic E-state index is 13.5. The van der Waals surface area contributed by atoms with Gasteiger partial charge in [-0.2, -0.15) is 0 Å². The molecular weight excluding hydrogens is 290 g/mol. The van der Waals surface area contributed by atoms with Gasteiger partial charge < -0.3 is 9.84 Å². The Hall–Kier alpha value is -2.14. The second-order valence-electron chi connectivity index (χ2n) is 3.97. The number of carboxylic acids is 1. The molecule has 2 aromatic rings. The van der Waals surface area contributed by atoms with E-state index in [9.17, 15) is 13.6 Å². The van der Waals surface area contributed by atoms with Crippen LogP contribution in [0.4, 0.5) is 8.78 Å². The number of rotatable bonds is 4. The fourth-order valence-electron chi connectivity index (χ4n) is 1.59. The Morgan fingerprint density at radius 1 is 1.20 bits per heavy atom. The van der Waals surface area contributed by atoms with Crippen molar-refractivity contribution in [3.63, 3.8) is 0 Å². The van der Waals surface area contributed by atoms with Crippen LogP contribution < -0.4 is 4.74 Å². The second kappa shape index (κ2) is 5.88. The zero-order valence-corrected chi connectivity index (χ0v) is 10.8. The van der Waals surface area contributed by atoms with Crippen molar-refractivity contribution in [3.8, 4) is 5.75 Å². The third-order valence-electron chi connectivity index (χ3n) is 2.57. The molecule has 0 aliphatic carbocycles. The minimum absolute atomic E-state index is 0.160. The monoisotopic (exact) mass is 298 g/mol. The summed E-state index contributed by atoms with van der Waals surface area (Å²) in [6, 6.07) is 7.05. The number of carboxylic acid groups (broad SMARTS) is 1. The van der Waals surface area contributed by atoms with E-state index in [4.69, 9.17) is 21.4 Å². The van der Waals surface area contributed by atoms with E-state index in [0.717, 1.165) is 24.3 Å². The molecule has 0 atom stereocenters. The summed E-state index contributed by atoms with van der Waals surface area (Å²) in [7, 11) is 0. The molecule has 0 spiro atoms. The average molecular weight is 299 g/mol. The number of hydrogen-bond donors (Lipinski definition) is 1. The Balaban J connectivity index is 2.22. The summed E-state index contributed by atoms with van der Waals surface area (Å²) in [6.07, 6.45) is 0. The predicted molar refractivity (Wildman–Crippen MR) is 69.1 cm³/mol. The van der Waals surface area contributed by atoms with Gasteiger partial charge in [0.1, 0.15) is 29.6 Å². The van der Waals surface area contributed by atoms with E-state index in [2.05, 4.69) is 0 Å². The first-order chi connectivity index (χ1) is 9.47. The van der Waals surface area contributed by atoms with Gasteiger partial charge in [-0.1, -0.05) is 17.7 Å². The highest BCUT2D eigenvalue weighted by molar-refractivity contribution is 6.30. The van der Waals surface area contributed by atoms with Crippen molar-refractivity contribution in [2.75, 3.05) is 0 Å². The summed E-state index contributed by atoms with van der Waals surface area (Å²) >= 11 is 5.61. The fraction of sp³-hybridized carbons (Fsp3) is 0.0714. The van der Waals surface area contributed by atoms with Gasteiger partial charge in [0.05, 0.1) is 0 Å². The molecule has 3 nitrogen and oxygen atoms in total. The number of carbonyl (C=O) groups is 1. The molecule has 20 heavy (non-hydrogen) atoms. The highest BCUT2D eigenvalue weighted by atomic mass is 35.5. The molecule has 0 fully saturated rings. The molecule has 0 saturated carbocycles. The van der Waals surface area contributed by atoms with Crippen molar-refractivity contribution in [3.05, 3.63) is 64.2 Å². The molecule has 104 valence electrons. The van der Waals surface area contributed by atoms with E-state index in [-0.39, 0.29) is 28.5 Å². The number of ether oxygens (including phenoxy) is 1. The molecule has 0 radical (unpaired) electrons. The minimum atomic E-state index is -1.25. The van der Waals surface area contributed by atoms with Crippen LogP contribution in [-0.2, 0) is 6.61 Å². The third-order valence-corrected chi connectivity index (χ3v) is 2.81. The summed E-state index contributed by atoms with van der Waals surface area (Å²) in [6.45, 7) is -0.229. The first-order valence-corrected chi connectivity index (χ1v) is 5.95. The molecule has 0 bridgehead atoms. The van der Waals surface area contributed by atoms with Crippen molar-refractivity contribution in [1.29, 1.82) is 0 Å². The van der Waals surface area contributed by atoms with Gasteiger partial charge in [0.25, 0.3) is 0 Å². The molecule has 0 unspecified atom stereocenters. The van der Waals surface area contributed by atoms with Gasteiger partial charge in [-0.3, -0.25) is 0 Å². The Kier molecular flexibility index (Phi) is 4.20. The maximum absolute atomic E-state index is 13.5. The molecular formula is C14H9ClF2O3. The summed E-state index contributed by atoms with van der Waals surface area (Å²) in [5.41, 5.74) is -0.00392. The molecule has 0 heterocycles. The SMILES string of the molecule is O=C(O)c1ccc(F)cc1OCc1ccc(Cl)cc1F. The van der Waals surface area contributed by atoms with E-state index >= 15 is 0 Å². The van der Waals surface area contributed by atoms with Gasteiger partial charge >= 0.3 is 5.97 Å². The summed E-state index contributed by atoms with van der Waals surface area (Å²) in [5.74, 6) is -2.63. The number of aromatic carboxylic acids is 1. The van der Waals surface area contributed by atoms with Gasteiger partial charge in [0, 0.05) is 16.7 Å². The maximum Gasteiger partial charge on any atom is 0.339 e. The lowest BCUT2D eigenvalue weighted by Crippen LogP contribution is -2.05. The second-order valence-corrected chi connectivity index (χ2v) is 4.41. The zero-order chi connectivity index (χ0) is 14.7. The van der Waals surface area contributed by atoms with Crippen LogP contribution in [0.1, 0.15) is 15.9 Å². The number of benzene rings is 2. The molecule has 1 N–H and O–H groups in total. The smallest absolute Gasteiger partial charge is 0.339 e. The molecule has 6 heteroatoms. The van der Waals surface area contributed by atoms with Crippen LogP contribution >= 0.6 is 11.6 Å². The summed E-state index contributed by atoms with van der Waals surface area (Å²) in [5, 5.41) is 9.19. The molecule has 0 aliphatic rings. The normalized spacial score (nSPS) is 10.3. The largest absolute Gasteiger partial charge is 0.488 e. The number of hydrogen-bond acceptors (Lipinski definition) is 2. The summed E-state index contributed by atoms with van der Waals surface area (Å²) in [4.78, 5) is 11.0. The topological polar surface area (TPSA) is 46.5 Å². The molecule has 2 rings (SSSR count). The van der Waals surface area contributed by atoms with Crippen LogP contribution in [0.15, 0.2) is 36.4 Å². The molecule has 0 aliphatic heterocycles. The average Bonchev–Trinajstić information content (AvgIpc) is 2.37. The van der Waals surface area contributed by atoms with Crippen LogP contribution in [0.3, 0.4) is 0 Å². The zero-order valence-electron chi connectivity index (χ0n) is 10.1. The quantitative estimate of drug-likeness (QED) is 0.931. The van der Waals surface area contributed by atoms with Crippen molar-refractivity contribution in [1.82, 2.24) is 0 Å². The Bertz CT molecular complexity index is 659. The van der Waals surface area contributed by atoms with Gasteiger partial charge in [-0.15, -0.1) is 0 Å². The van der Waals surface area contributed by atoms with Gasteiger partial charge in [-0.25, -0.2) is 13.6 Å². The lowest BCUT2D eigenvalue weighted by Gasteiger charge is -2.10. The molecule has 0 amide bonds. The minimum Gasteiger partial charge on any atom is -0.488 e. The Labute approximate surface area is 118 Å². The van der Waals surface area contributed by atoms with E-state index in [0.29, 0.717) is 0 Å². The molecule has 0 aromatic heterocycles. The van der Waals surface area contributed by atoms with Crippen LogP contribution in [0, 0.1) is 11.6 Å². The summed E-state index contributed by atoms with van der Waals surface area (Å²) < 4.78 is 31.8. The lowest BCUT2D eigenvalue weighted by molar-refractivity contribution is 0.0691. The third kappa shape index (κ3) is 3.24. The van der Waals surface area contributed by atoms with E-state index in [1.54, 1.807) is 0 Å². The van der Waals surface area contributed by atoms with E-state index in [1.165, 1.54) is 12.1 Å². The predicted octanol–water partition coefficient (Wildman–Crippen LogP) is 3.90. The van der Waals surface area contributed by atoms with E-state index in [1.807, 2.05) is 0 Å². The highest BCUT2D eigenvalue weighted by Crippen LogP contribution is 2.22. The first-order valence-electron chi connectivity index (χ1n) is 5.57. The van der Waals surface area contributed by atoms with Crippen LogP contribution in [0.2, 0.25) is 5.02 Å². The van der Waals surface area contributed by atoms with Gasteiger partial charge in [0.2, 0.25) is 0 Å². The molecule has 0 saturated heterocycles. The Morgan fingerprint density at radius 2 is 1.95 bits per heavy atom. The van der Waals surface area contributed by atoms with Gasteiger partial charge in [-0.05, 0) is 24.3 Å². The van der Waals surface area contributed by atoms with Gasteiger partial charge in [0.15, 0.2) is 0 Å². The Morgan fingerprint density at radius 3 is 2.60 bits per heavy atom. The first kappa shape index (κ1) is 14.3. The standard InChI is InChI=1S/C14H9ClF2O3/c15-9-2-1-8(12(17)5-9)7-20-13-6-10(16)3-4-11(13)14(18)19/h1-6H,7H2,(H,18,19). The van der Waals surface area contributed by atoms with E-state index < -0.39 is 17.6 Å². The highest BCUT2D eigenvalue weighted by Gasteiger charge is 2.13. The van der Waals surface area contributed by atoms with Crippen molar-refractivity contribution < 1.29 is 23.4 Å².